The van der Waals surface area contributed by atoms with Crippen LogP contribution in [0.5, 0.6) is 5.75 Å². The molecule has 5 nitrogen and oxygen atoms in total. The molecule has 0 radical (unpaired) electrons. The summed E-state index contributed by atoms with van der Waals surface area (Å²) in [4.78, 5) is 29.7. The lowest BCUT2D eigenvalue weighted by molar-refractivity contribution is 0.149. The van der Waals surface area contributed by atoms with E-state index in [4.69, 9.17) is 4.74 Å². The largest absolute Gasteiger partial charge is 0.415 e. The smallest absolute Gasteiger partial charge is 0.410 e. The lowest BCUT2D eigenvalue weighted by Crippen LogP contribution is -2.49. The molecule has 5 heteroatoms. The van der Waals surface area contributed by atoms with Crippen molar-refractivity contribution in [2.75, 3.05) is 31.1 Å². The molecule has 1 saturated heterocycles. The zero-order valence-electron chi connectivity index (χ0n) is 17.0. The number of hydrogen-bond acceptors (Lipinski definition) is 4. The molecule has 0 aliphatic carbocycles. The Morgan fingerprint density at radius 1 is 0.710 bits per heavy atom. The second-order valence-corrected chi connectivity index (χ2v) is 7.65. The van der Waals surface area contributed by atoms with Gasteiger partial charge in [-0.1, -0.05) is 66.7 Å². The number of carbonyl (C=O) groups excluding carboxylic acids is 1. The van der Waals surface area contributed by atoms with Crippen molar-refractivity contribution in [3.8, 4) is 5.75 Å². The number of fused-ring (bicyclic) bond motifs is 2. The zero-order chi connectivity index (χ0) is 21.2. The van der Waals surface area contributed by atoms with E-state index >= 15 is 0 Å². The second-order valence-electron chi connectivity index (χ2n) is 7.65. The molecule has 0 bridgehead atoms. The fraction of sp³-hybridized carbons (Fsp3) is 0.154. The van der Waals surface area contributed by atoms with E-state index in [1.165, 1.54) is 0 Å². The van der Waals surface area contributed by atoms with E-state index in [0.717, 1.165) is 21.8 Å². The van der Waals surface area contributed by atoms with Crippen molar-refractivity contribution in [2.45, 2.75) is 0 Å². The molecule has 1 heterocycles. The van der Waals surface area contributed by atoms with Crippen LogP contribution in [0.2, 0.25) is 0 Å². The number of hydrogen-bond donors (Lipinski definition) is 0. The highest BCUT2D eigenvalue weighted by Crippen LogP contribution is 2.28. The molecule has 1 aliphatic rings. The summed E-state index contributed by atoms with van der Waals surface area (Å²) in [6.07, 6.45) is -0.332. The van der Waals surface area contributed by atoms with Crippen molar-refractivity contribution >= 4 is 33.3 Å². The maximum Gasteiger partial charge on any atom is 0.415 e. The van der Waals surface area contributed by atoms with Crippen molar-refractivity contribution in [3.05, 3.63) is 95.2 Å². The summed E-state index contributed by atoms with van der Waals surface area (Å²) < 4.78 is 5.48. The molecule has 1 amide bonds. The lowest BCUT2D eigenvalue weighted by Gasteiger charge is -2.35. The first kappa shape index (κ1) is 19.1. The third-order valence-electron chi connectivity index (χ3n) is 5.77. The molecular weight excluding hydrogens is 388 g/mol. The molecule has 0 aromatic heterocycles. The maximum absolute atomic E-state index is 13.1. The van der Waals surface area contributed by atoms with Crippen LogP contribution < -0.4 is 15.1 Å². The van der Waals surface area contributed by atoms with Crippen molar-refractivity contribution in [1.29, 1.82) is 0 Å². The molecule has 0 unspecified atom stereocenters. The monoisotopic (exact) mass is 410 g/mol. The number of anilines is 1. The maximum atomic E-state index is 13.1. The van der Waals surface area contributed by atoms with Gasteiger partial charge in [0.2, 0.25) is 0 Å². The standard InChI is InChI=1S/C26H22N2O3/c29-25-21-11-5-4-8-19(21)18-24(22-12-6-7-13-23(22)25)27-14-16-28(17-15-27)26(30)31-20-9-2-1-3-10-20/h1-13,18H,14-17H2. The number of para-hydroxylation sites is 1. The van der Waals surface area contributed by atoms with Crippen molar-refractivity contribution in [3.63, 3.8) is 0 Å². The number of amides is 1. The van der Waals surface area contributed by atoms with Crippen LogP contribution in [0.25, 0.3) is 21.5 Å². The molecule has 31 heavy (non-hydrogen) atoms. The van der Waals surface area contributed by atoms with Crippen LogP contribution in [-0.4, -0.2) is 37.2 Å². The van der Waals surface area contributed by atoms with Crippen LogP contribution in [0.3, 0.4) is 0 Å². The van der Waals surface area contributed by atoms with Gasteiger partial charge >= 0.3 is 6.09 Å². The molecule has 1 aliphatic heterocycles. The fourth-order valence-electron chi connectivity index (χ4n) is 4.15. The highest BCUT2D eigenvalue weighted by atomic mass is 16.6. The topological polar surface area (TPSA) is 49.9 Å². The van der Waals surface area contributed by atoms with E-state index in [-0.39, 0.29) is 11.5 Å². The van der Waals surface area contributed by atoms with Crippen LogP contribution in [-0.2, 0) is 0 Å². The second kappa shape index (κ2) is 8.11. The third-order valence-corrected chi connectivity index (χ3v) is 5.77. The fourth-order valence-corrected chi connectivity index (χ4v) is 4.15. The summed E-state index contributed by atoms with van der Waals surface area (Å²) in [7, 11) is 0. The summed E-state index contributed by atoms with van der Waals surface area (Å²) in [6, 6.07) is 26.7. The Hall–Kier alpha value is -3.86. The third kappa shape index (κ3) is 3.70. The molecular formula is C26H22N2O3. The molecule has 0 spiro atoms. The Morgan fingerprint density at radius 3 is 2.06 bits per heavy atom. The van der Waals surface area contributed by atoms with Gasteiger partial charge in [-0.05, 0) is 23.6 Å². The number of piperazine rings is 1. The molecule has 0 N–H and O–H groups in total. The summed E-state index contributed by atoms with van der Waals surface area (Å²) in [5.74, 6) is 0.547. The first-order chi connectivity index (χ1) is 15.2. The van der Waals surface area contributed by atoms with Gasteiger partial charge in [-0.15, -0.1) is 0 Å². The number of carbonyl (C=O) groups is 1. The van der Waals surface area contributed by atoms with Gasteiger partial charge in [-0.3, -0.25) is 4.79 Å². The van der Waals surface area contributed by atoms with Gasteiger partial charge in [0.1, 0.15) is 5.75 Å². The van der Waals surface area contributed by atoms with E-state index in [0.29, 0.717) is 37.3 Å². The van der Waals surface area contributed by atoms with Gasteiger partial charge < -0.3 is 14.5 Å². The Bertz CT molecular complexity index is 1310. The van der Waals surface area contributed by atoms with Crippen molar-refractivity contribution in [2.24, 2.45) is 0 Å². The predicted molar refractivity (Wildman–Crippen MR) is 124 cm³/mol. The highest BCUT2D eigenvalue weighted by molar-refractivity contribution is 6.01. The molecule has 154 valence electrons. The van der Waals surface area contributed by atoms with Crippen LogP contribution in [0.1, 0.15) is 0 Å². The van der Waals surface area contributed by atoms with Crippen LogP contribution in [0.15, 0.2) is 89.7 Å². The molecule has 1 fully saturated rings. The van der Waals surface area contributed by atoms with Gasteiger partial charge in [0.15, 0.2) is 5.43 Å². The molecule has 4 aromatic rings. The molecule has 0 saturated carbocycles. The molecule has 4 aromatic carbocycles. The predicted octanol–water partition coefficient (Wildman–Crippen LogP) is 4.67. The minimum Gasteiger partial charge on any atom is -0.410 e. The van der Waals surface area contributed by atoms with E-state index in [1.807, 2.05) is 66.7 Å². The van der Waals surface area contributed by atoms with E-state index in [9.17, 15) is 9.59 Å². The van der Waals surface area contributed by atoms with Crippen LogP contribution in [0.4, 0.5) is 10.5 Å². The Labute approximate surface area is 180 Å². The Kier molecular flexibility index (Phi) is 5.00. The number of ether oxygens (including phenoxy) is 1. The van der Waals surface area contributed by atoms with Gasteiger partial charge in [0, 0.05) is 48.0 Å². The van der Waals surface area contributed by atoms with Crippen LogP contribution in [0, 0.1) is 0 Å². The highest BCUT2D eigenvalue weighted by Gasteiger charge is 2.24. The van der Waals surface area contributed by atoms with Gasteiger partial charge in [-0.2, -0.15) is 0 Å². The summed E-state index contributed by atoms with van der Waals surface area (Å²) in [6.45, 7) is 2.45. The van der Waals surface area contributed by atoms with Crippen molar-refractivity contribution in [1.82, 2.24) is 4.90 Å². The minimum absolute atomic E-state index is 0.0440. The Balaban J connectivity index is 1.45. The summed E-state index contributed by atoms with van der Waals surface area (Å²) in [5.41, 5.74) is 1.06. The average Bonchev–Trinajstić information content (AvgIpc) is 2.95. The normalized spacial score (nSPS) is 14.1. The zero-order valence-corrected chi connectivity index (χ0v) is 17.0. The number of nitrogens with zero attached hydrogens (tertiary/aromatic N) is 2. The van der Waals surface area contributed by atoms with Gasteiger partial charge in [0.25, 0.3) is 0 Å². The van der Waals surface area contributed by atoms with Crippen LogP contribution >= 0.6 is 0 Å². The first-order valence-electron chi connectivity index (χ1n) is 10.4. The van der Waals surface area contributed by atoms with Gasteiger partial charge in [-0.25, -0.2) is 4.79 Å². The van der Waals surface area contributed by atoms with E-state index < -0.39 is 0 Å². The SMILES string of the molecule is O=C(Oc1ccccc1)N1CCN(c2cc3ccccc3c(=O)c3ccccc23)CC1. The first-order valence-corrected chi connectivity index (χ1v) is 10.4. The summed E-state index contributed by atoms with van der Waals surface area (Å²) >= 11 is 0. The van der Waals surface area contributed by atoms with E-state index in [2.05, 4.69) is 11.0 Å². The van der Waals surface area contributed by atoms with Gasteiger partial charge in [0.05, 0.1) is 0 Å². The molecule has 5 rings (SSSR count). The van der Waals surface area contributed by atoms with E-state index in [1.54, 1.807) is 17.0 Å². The number of rotatable bonds is 2. The van der Waals surface area contributed by atoms with Crippen molar-refractivity contribution < 1.29 is 9.53 Å². The number of benzene rings is 3. The Morgan fingerprint density at radius 2 is 1.32 bits per heavy atom. The summed E-state index contributed by atoms with van der Waals surface area (Å²) in [5, 5.41) is 3.29. The lowest BCUT2D eigenvalue weighted by atomic mass is 10.1. The minimum atomic E-state index is -0.332. The molecule has 0 atom stereocenters. The quantitative estimate of drug-likeness (QED) is 0.482. The average molecular weight is 410 g/mol.